The average molecular weight is 395 g/mol. The predicted molar refractivity (Wildman–Crippen MR) is 112 cm³/mol. The molecule has 2 aromatic carbocycles. The number of H-pyrrole nitrogens is 1. The number of nitrogens with zero attached hydrogens (tertiary/aromatic N) is 3. The van der Waals surface area contributed by atoms with E-state index in [2.05, 4.69) is 26.6 Å². The van der Waals surface area contributed by atoms with Crippen molar-refractivity contribution in [3.63, 3.8) is 0 Å². The second kappa shape index (κ2) is 7.33. The highest BCUT2D eigenvalue weighted by atomic mass is 16.6. The Morgan fingerprint density at radius 2 is 2.03 bits per heavy atom. The first-order valence-corrected chi connectivity index (χ1v) is 9.58. The number of carbonyl (C=O) groups excluding carboxylic acids is 1. The van der Waals surface area contributed by atoms with Gasteiger partial charge in [-0.1, -0.05) is 30.3 Å². The summed E-state index contributed by atoms with van der Waals surface area (Å²) in [6.45, 7) is 0. The number of nitrogens with one attached hydrogen (secondary N) is 2. The molecule has 0 fully saturated rings. The highest BCUT2D eigenvalue weighted by Gasteiger charge is 2.24. The number of aromatic nitrogens is 3. The first kappa shape index (κ1) is 17.9. The minimum Gasteiger partial charge on any atom is -0.445 e. The Hall–Kier alpha value is -4.18. The molecule has 2 N–H and O–H groups in total. The van der Waals surface area contributed by atoms with Gasteiger partial charge >= 0.3 is 6.09 Å². The summed E-state index contributed by atoms with van der Waals surface area (Å²) in [5.74, 6) is 0. The summed E-state index contributed by atoms with van der Waals surface area (Å²) in [6, 6.07) is 19.5. The van der Waals surface area contributed by atoms with Crippen molar-refractivity contribution >= 4 is 22.7 Å². The van der Waals surface area contributed by atoms with E-state index < -0.39 is 6.09 Å². The average Bonchev–Trinajstić information content (AvgIpc) is 3.10. The normalized spacial score (nSPS) is 15.6. The van der Waals surface area contributed by atoms with Gasteiger partial charge in [0, 0.05) is 35.7 Å². The summed E-state index contributed by atoms with van der Waals surface area (Å²) in [6.07, 6.45) is 2.10. The van der Waals surface area contributed by atoms with E-state index in [1.54, 1.807) is 12.3 Å². The summed E-state index contributed by atoms with van der Waals surface area (Å²) in [4.78, 5) is 16.3. The molecule has 0 saturated carbocycles. The van der Waals surface area contributed by atoms with Gasteiger partial charge in [-0.3, -0.25) is 10.4 Å². The molecular weight excluding hydrogens is 378 g/mol. The fourth-order valence-electron chi connectivity index (χ4n) is 3.82. The molecule has 1 amide bonds. The zero-order valence-corrected chi connectivity index (χ0v) is 15.9. The Kier molecular flexibility index (Phi) is 4.37. The van der Waals surface area contributed by atoms with E-state index in [1.807, 2.05) is 48.5 Å². The van der Waals surface area contributed by atoms with E-state index in [4.69, 9.17) is 10.00 Å². The molecule has 1 aliphatic rings. The van der Waals surface area contributed by atoms with Gasteiger partial charge in [-0.25, -0.2) is 9.78 Å². The molecule has 7 heteroatoms. The van der Waals surface area contributed by atoms with Gasteiger partial charge in [0.25, 0.3) is 0 Å². The molecular formula is C23H17N5O2. The minimum absolute atomic E-state index is 0.271. The second-order valence-corrected chi connectivity index (χ2v) is 7.21. The van der Waals surface area contributed by atoms with Crippen LogP contribution in [0, 0.1) is 11.3 Å². The van der Waals surface area contributed by atoms with E-state index in [0.717, 1.165) is 33.3 Å². The van der Waals surface area contributed by atoms with E-state index in [9.17, 15) is 4.79 Å². The van der Waals surface area contributed by atoms with Crippen LogP contribution in [0.15, 0.2) is 60.8 Å². The fourth-order valence-corrected chi connectivity index (χ4v) is 3.82. The van der Waals surface area contributed by atoms with E-state index >= 15 is 0 Å². The van der Waals surface area contributed by atoms with Crippen LogP contribution in [0.2, 0.25) is 0 Å². The molecule has 146 valence electrons. The standard InChI is InChI=1S/C23H17N5O2/c24-13-17-9-15(6-7-25-17)22-19-11-16-10-18(8-14-4-2-1-3-5-14)30-23(29)26-20(16)12-21(19)27-28-22/h1-7,9,11-12,18H,8,10H2,(H,26,29)(H,27,28). The largest absolute Gasteiger partial charge is 0.445 e. The van der Waals surface area contributed by atoms with Gasteiger partial charge in [-0.2, -0.15) is 10.4 Å². The lowest BCUT2D eigenvalue weighted by Gasteiger charge is -2.14. The first-order chi connectivity index (χ1) is 14.7. The number of hydrogen-bond acceptors (Lipinski definition) is 5. The zero-order chi connectivity index (χ0) is 20.5. The molecule has 30 heavy (non-hydrogen) atoms. The highest BCUT2D eigenvalue weighted by molar-refractivity contribution is 5.98. The number of aromatic amines is 1. The summed E-state index contributed by atoms with van der Waals surface area (Å²) in [5, 5.41) is 20.3. The van der Waals surface area contributed by atoms with Gasteiger partial charge < -0.3 is 4.74 Å². The molecule has 3 heterocycles. The van der Waals surface area contributed by atoms with Crippen LogP contribution >= 0.6 is 0 Å². The Balaban J connectivity index is 1.54. The number of hydrogen-bond donors (Lipinski definition) is 2. The van der Waals surface area contributed by atoms with Crippen molar-refractivity contribution in [3.05, 3.63) is 77.6 Å². The number of rotatable bonds is 3. The smallest absolute Gasteiger partial charge is 0.411 e. The molecule has 0 saturated heterocycles. The van der Waals surface area contributed by atoms with Gasteiger partial charge in [0.15, 0.2) is 0 Å². The summed E-state index contributed by atoms with van der Waals surface area (Å²) >= 11 is 0. The predicted octanol–water partition coefficient (Wildman–Crippen LogP) is 4.21. The number of pyridine rings is 1. The monoisotopic (exact) mass is 395 g/mol. The zero-order valence-electron chi connectivity index (χ0n) is 15.9. The maximum absolute atomic E-state index is 12.3. The lowest BCUT2D eigenvalue weighted by Crippen LogP contribution is -2.22. The third-order valence-electron chi connectivity index (χ3n) is 5.20. The van der Waals surface area contributed by atoms with Crippen LogP contribution in [0.1, 0.15) is 16.8 Å². The molecule has 5 rings (SSSR count). The van der Waals surface area contributed by atoms with Crippen LogP contribution in [0.4, 0.5) is 10.5 Å². The van der Waals surface area contributed by atoms with Crippen LogP contribution in [0.3, 0.4) is 0 Å². The Bertz CT molecular complexity index is 1290. The molecule has 0 bridgehead atoms. The van der Waals surface area contributed by atoms with Crippen molar-refractivity contribution in [2.45, 2.75) is 18.9 Å². The van der Waals surface area contributed by atoms with Crippen molar-refractivity contribution in [1.29, 1.82) is 5.26 Å². The van der Waals surface area contributed by atoms with Crippen molar-refractivity contribution in [1.82, 2.24) is 15.2 Å². The summed E-state index contributed by atoms with van der Waals surface area (Å²) in [7, 11) is 0. The van der Waals surface area contributed by atoms with Crippen LogP contribution in [-0.4, -0.2) is 27.4 Å². The van der Waals surface area contributed by atoms with Gasteiger partial charge in [-0.15, -0.1) is 0 Å². The van der Waals surface area contributed by atoms with E-state index in [0.29, 0.717) is 24.2 Å². The highest BCUT2D eigenvalue weighted by Crippen LogP contribution is 2.33. The van der Waals surface area contributed by atoms with Gasteiger partial charge in [0.05, 0.1) is 5.52 Å². The van der Waals surface area contributed by atoms with Gasteiger partial charge in [0.2, 0.25) is 0 Å². The number of fused-ring (bicyclic) bond motifs is 2. The first-order valence-electron chi connectivity index (χ1n) is 9.58. The third-order valence-corrected chi connectivity index (χ3v) is 5.20. The fraction of sp³-hybridized carbons (Fsp3) is 0.130. The topological polar surface area (TPSA) is 104 Å². The van der Waals surface area contributed by atoms with Gasteiger partial charge in [0.1, 0.15) is 23.6 Å². The molecule has 0 spiro atoms. The van der Waals surface area contributed by atoms with E-state index in [1.165, 1.54) is 0 Å². The van der Waals surface area contributed by atoms with E-state index in [-0.39, 0.29) is 6.10 Å². The van der Waals surface area contributed by atoms with Crippen molar-refractivity contribution < 1.29 is 9.53 Å². The number of amides is 1. The van der Waals surface area contributed by atoms with Crippen molar-refractivity contribution in [2.75, 3.05) is 5.32 Å². The quantitative estimate of drug-likeness (QED) is 0.541. The van der Waals surface area contributed by atoms with Crippen LogP contribution < -0.4 is 5.32 Å². The number of ether oxygens (including phenoxy) is 1. The SMILES string of the molecule is N#Cc1cc(-c2n[nH]c3cc4c(cc23)CC(Cc2ccccc2)OC(=O)N4)ccn1. The Morgan fingerprint density at radius 3 is 2.87 bits per heavy atom. The summed E-state index contributed by atoms with van der Waals surface area (Å²) in [5.41, 5.74) is 5.48. The maximum atomic E-state index is 12.3. The molecule has 2 aromatic heterocycles. The number of nitriles is 1. The molecule has 0 aliphatic carbocycles. The van der Waals surface area contributed by atoms with Crippen molar-refractivity contribution in [3.8, 4) is 17.3 Å². The number of benzene rings is 2. The molecule has 4 aromatic rings. The second-order valence-electron chi connectivity index (χ2n) is 7.21. The minimum atomic E-state index is -0.457. The Morgan fingerprint density at radius 1 is 1.17 bits per heavy atom. The lowest BCUT2D eigenvalue weighted by molar-refractivity contribution is 0.113. The van der Waals surface area contributed by atoms with Crippen LogP contribution in [-0.2, 0) is 17.6 Å². The molecule has 1 aliphatic heterocycles. The Labute approximate surface area is 172 Å². The third kappa shape index (κ3) is 3.35. The molecule has 1 atom stereocenters. The van der Waals surface area contributed by atoms with Crippen LogP contribution in [0.25, 0.3) is 22.2 Å². The maximum Gasteiger partial charge on any atom is 0.411 e. The number of carbonyl (C=O) groups is 1. The van der Waals surface area contributed by atoms with Crippen LogP contribution in [0.5, 0.6) is 0 Å². The molecule has 7 nitrogen and oxygen atoms in total. The summed E-state index contributed by atoms with van der Waals surface area (Å²) < 4.78 is 5.63. The molecule has 0 radical (unpaired) electrons. The van der Waals surface area contributed by atoms with Crippen molar-refractivity contribution in [2.24, 2.45) is 0 Å². The number of cyclic esters (lactones) is 1. The van der Waals surface area contributed by atoms with Gasteiger partial charge in [-0.05, 0) is 35.4 Å². The molecule has 1 unspecified atom stereocenters. The lowest BCUT2D eigenvalue weighted by atomic mass is 9.98. The number of anilines is 1.